The van der Waals surface area contributed by atoms with Gasteiger partial charge in [-0.2, -0.15) is 5.10 Å². The van der Waals surface area contributed by atoms with Crippen LogP contribution in [-0.2, 0) is 11.3 Å². The monoisotopic (exact) mass is 445 g/mol. The van der Waals surface area contributed by atoms with Crippen LogP contribution in [0.2, 0.25) is 0 Å². The lowest BCUT2D eigenvalue weighted by molar-refractivity contribution is -0.122. The van der Waals surface area contributed by atoms with Crippen LogP contribution in [0.3, 0.4) is 0 Å². The zero-order chi connectivity index (χ0) is 20.3. The van der Waals surface area contributed by atoms with Crippen LogP contribution in [0.1, 0.15) is 23.9 Å². The molecule has 5 nitrogen and oxygen atoms in total. The number of ether oxygens (including phenoxy) is 1. The SMILES string of the molecule is Cc1nn(Cc2ccccc2F)c(C)c1NC(=O)[C@@H](C)Oc1cccc(Br)c1. The number of carbonyl (C=O) groups excluding carboxylic acids is 1. The van der Waals surface area contributed by atoms with Crippen LogP contribution < -0.4 is 10.1 Å². The van der Waals surface area contributed by atoms with E-state index in [0.717, 1.165) is 10.2 Å². The van der Waals surface area contributed by atoms with Crippen LogP contribution in [-0.4, -0.2) is 21.8 Å². The topological polar surface area (TPSA) is 56.2 Å². The van der Waals surface area contributed by atoms with Gasteiger partial charge in [0.25, 0.3) is 5.91 Å². The quantitative estimate of drug-likeness (QED) is 0.589. The minimum absolute atomic E-state index is 0.281. The van der Waals surface area contributed by atoms with Gasteiger partial charge in [-0.3, -0.25) is 9.48 Å². The van der Waals surface area contributed by atoms with Crippen molar-refractivity contribution in [3.8, 4) is 5.75 Å². The van der Waals surface area contributed by atoms with E-state index >= 15 is 0 Å². The maximum absolute atomic E-state index is 13.9. The number of aryl methyl sites for hydroxylation is 1. The number of hydrogen-bond acceptors (Lipinski definition) is 3. The van der Waals surface area contributed by atoms with Crippen molar-refractivity contribution in [2.24, 2.45) is 0 Å². The van der Waals surface area contributed by atoms with Crippen molar-refractivity contribution in [3.05, 3.63) is 75.8 Å². The van der Waals surface area contributed by atoms with Crippen molar-refractivity contribution in [3.63, 3.8) is 0 Å². The van der Waals surface area contributed by atoms with E-state index in [1.807, 2.05) is 19.1 Å². The number of nitrogens with one attached hydrogen (secondary N) is 1. The van der Waals surface area contributed by atoms with Crippen molar-refractivity contribution in [2.75, 3.05) is 5.32 Å². The Morgan fingerprint density at radius 1 is 1.25 bits per heavy atom. The summed E-state index contributed by atoms with van der Waals surface area (Å²) in [6, 6.07) is 13.9. The minimum Gasteiger partial charge on any atom is -0.481 e. The lowest BCUT2D eigenvalue weighted by atomic mass is 10.2. The number of nitrogens with zero attached hydrogens (tertiary/aromatic N) is 2. The molecule has 7 heteroatoms. The summed E-state index contributed by atoms with van der Waals surface area (Å²) in [4.78, 5) is 12.6. The molecule has 0 spiro atoms. The largest absolute Gasteiger partial charge is 0.481 e. The molecule has 0 bridgehead atoms. The fourth-order valence-corrected chi connectivity index (χ4v) is 3.22. The van der Waals surface area contributed by atoms with Crippen LogP contribution in [0.5, 0.6) is 5.75 Å². The molecule has 1 heterocycles. The Hall–Kier alpha value is -2.67. The first-order valence-electron chi connectivity index (χ1n) is 8.85. The van der Waals surface area contributed by atoms with Gasteiger partial charge in [-0.1, -0.05) is 40.2 Å². The first kappa shape index (κ1) is 20.1. The molecule has 0 unspecified atom stereocenters. The van der Waals surface area contributed by atoms with Gasteiger partial charge in [0.2, 0.25) is 0 Å². The van der Waals surface area contributed by atoms with Crippen molar-refractivity contribution in [1.82, 2.24) is 9.78 Å². The van der Waals surface area contributed by atoms with E-state index in [4.69, 9.17) is 4.74 Å². The standard InChI is InChI=1S/C21H21BrFN3O2/c1-13-20(14(2)26(25-13)12-16-7-4-5-10-19(16)23)24-21(27)15(3)28-18-9-6-8-17(22)11-18/h4-11,15H,12H2,1-3H3,(H,24,27)/t15-/m1/s1. The van der Waals surface area contributed by atoms with E-state index in [-0.39, 0.29) is 11.7 Å². The van der Waals surface area contributed by atoms with Gasteiger partial charge in [-0.15, -0.1) is 0 Å². The van der Waals surface area contributed by atoms with Crippen molar-refractivity contribution >= 4 is 27.5 Å². The van der Waals surface area contributed by atoms with E-state index in [1.165, 1.54) is 6.07 Å². The molecule has 0 radical (unpaired) electrons. The van der Waals surface area contributed by atoms with Gasteiger partial charge in [0, 0.05) is 10.0 Å². The van der Waals surface area contributed by atoms with Crippen LogP contribution in [0.4, 0.5) is 10.1 Å². The second kappa shape index (κ2) is 8.56. The summed E-state index contributed by atoms with van der Waals surface area (Å²) >= 11 is 3.38. The maximum atomic E-state index is 13.9. The molecule has 28 heavy (non-hydrogen) atoms. The number of aromatic nitrogens is 2. The van der Waals surface area contributed by atoms with Crippen LogP contribution in [0.25, 0.3) is 0 Å². The average molecular weight is 446 g/mol. The zero-order valence-electron chi connectivity index (χ0n) is 15.9. The molecule has 1 aromatic heterocycles. The molecule has 3 aromatic rings. The normalized spacial score (nSPS) is 11.9. The second-order valence-corrected chi connectivity index (χ2v) is 7.42. The number of carbonyl (C=O) groups is 1. The van der Waals surface area contributed by atoms with E-state index in [1.54, 1.807) is 48.9 Å². The third-order valence-electron chi connectivity index (χ3n) is 4.39. The first-order valence-corrected chi connectivity index (χ1v) is 9.65. The molecule has 1 amide bonds. The smallest absolute Gasteiger partial charge is 0.265 e. The second-order valence-electron chi connectivity index (χ2n) is 6.50. The molecular weight excluding hydrogens is 425 g/mol. The number of benzene rings is 2. The first-order chi connectivity index (χ1) is 13.3. The summed E-state index contributed by atoms with van der Waals surface area (Å²) in [7, 11) is 0. The molecule has 146 valence electrons. The molecule has 0 saturated carbocycles. The van der Waals surface area contributed by atoms with Crippen LogP contribution in [0, 0.1) is 19.7 Å². The lowest BCUT2D eigenvalue weighted by Crippen LogP contribution is -2.30. The fraction of sp³-hybridized carbons (Fsp3) is 0.238. The Morgan fingerprint density at radius 3 is 2.71 bits per heavy atom. The highest BCUT2D eigenvalue weighted by Gasteiger charge is 2.20. The Labute approximate surface area is 171 Å². The third kappa shape index (κ3) is 4.59. The van der Waals surface area contributed by atoms with Gasteiger partial charge in [-0.05, 0) is 45.0 Å². The highest BCUT2D eigenvalue weighted by Crippen LogP contribution is 2.23. The fourth-order valence-electron chi connectivity index (χ4n) is 2.84. The molecule has 2 aromatic carbocycles. The number of halogens is 2. The minimum atomic E-state index is -0.692. The lowest BCUT2D eigenvalue weighted by Gasteiger charge is -2.15. The number of hydrogen-bond donors (Lipinski definition) is 1. The van der Waals surface area contributed by atoms with Gasteiger partial charge in [-0.25, -0.2) is 4.39 Å². The summed E-state index contributed by atoms with van der Waals surface area (Å²) < 4.78 is 22.2. The molecule has 0 aliphatic rings. The Morgan fingerprint density at radius 2 is 2.00 bits per heavy atom. The summed E-state index contributed by atoms with van der Waals surface area (Å²) in [5.41, 5.74) is 2.57. The van der Waals surface area contributed by atoms with Crippen molar-refractivity contribution in [1.29, 1.82) is 0 Å². The van der Waals surface area contributed by atoms with E-state index < -0.39 is 6.10 Å². The van der Waals surface area contributed by atoms with Crippen molar-refractivity contribution < 1.29 is 13.9 Å². The van der Waals surface area contributed by atoms with E-state index in [2.05, 4.69) is 26.3 Å². The number of amides is 1. The van der Waals surface area contributed by atoms with Crippen molar-refractivity contribution in [2.45, 2.75) is 33.4 Å². The third-order valence-corrected chi connectivity index (χ3v) is 4.88. The Bertz CT molecular complexity index is 1000. The van der Waals surface area contributed by atoms with Gasteiger partial charge < -0.3 is 10.1 Å². The molecule has 3 rings (SSSR count). The molecule has 0 aliphatic carbocycles. The molecule has 1 atom stereocenters. The van der Waals surface area contributed by atoms with Crippen LogP contribution in [0.15, 0.2) is 53.0 Å². The Balaban J connectivity index is 1.72. The van der Waals surface area contributed by atoms with E-state index in [9.17, 15) is 9.18 Å². The molecule has 1 N–H and O–H groups in total. The van der Waals surface area contributed by atoms with Gasteiger partial charge in [0.15, 0.2) is 6.10 Å². The zero-order valence-corrected chi connectivity index (χ0v) is 17.5. The highest BCUT2D eigenvalue weighted by molar-refractivity contribution is 9.10. The summed E-state index contributed by atoms with van der Waals surface area (Å²) in [6.07, 6.45) is -0.692. The summed E-state index contributed by atoms with van der Waals surface area (Å²) in [5.74, 6) is 0.0361. The number of rotatable bonds is 6. The molecule has 0 fully saturated rings. The van der Waals surface area contributed by atoms with Crippen LogP contribution >= 0.6 is 15.9 Å². The molecule has 0 aliphatic heterocycles. The summed E-state index contributed by atoms with van der Waals surface area (Å²) in [5, 5.41) is 7.32. The summed E-state index contributed by atoms with van der Waals surface area (Å²) in [6.45, 7) is 5.63. The average Bonchev–Trinajstić information content (AvgIpc) is 2.91. The molecular formula is C21H21BrFN3O2. The van der Waals surface area contributed by atoms with E-state index in [0.29, 0.717) is 29.2 Å². The van der Waals surface area contributed by atoms with Gasteiger partial charge in [0.05, 0.1) is 23.6 Å². The van der Waals surface area contributed by atoms with Gasteiger partial charge in [0.1, 0.15) is 11.6 Å². The van der Waals surface area contributed by atoms with Gasteiger partial charge >= 0.3 is 0 Å². The maximum Gasteiger partial charge on any atom is 0.265 e. The Kier molecular flexibility index (Phi) is 6.14. The predicted octanol–water partition coefficient (Wildman–Crippen LogP) is 4.86. The number of anilines is 1. The molecule has 0 saturated heterocycles. The highest BCUT2D eigenvalue weighted by atomic mass is 79.9. The predicted molar refractivity (Wildman–Crippen MR) is 110 cm³/mol.